The van der Waals surface area contributed by atoms with Crippen molar-refractivity contribution in [3.05, 3.63) is 41.6 Å². The van der Waals surface area contributed by atoms with E-state index in [2.05, 4.69) is 17.2 Å². The molecule has 142 valence electrons. The predicted octanol–water partition coefficient (Wildman–Crippen LogP) is 2.81. The van der Waals surface area contributed by atoms with E-state index >= 15 is 0 Å². The number of carbonyl (C=O) groups is 2. The minimum absolute atomic E-state index is 0.0246. The van der Waals surface area contributed by atoms with Crippen molar-refractivity contribution in [2.75, 3.05) is 19.8 Å². The summed E-state index contributed by atoms with van der Waals surface area (Å²) in [4.78, 5) is 23.5. The molecule has 1 aromatic carbocycles. The predicted molar refractivity (Wildman–Crippen MR) is 100 cm³/mol. The van der Waals surface area contributed by atoms with Gasteiger partial charge in [0.1, 0.15) is 12.4 Å². The van der Waals surface area contributed by atoms with E-state index in [9.17, 15) is 9.59 Å². The number of carbonyl (C=O) groups excluding carboxylic acids is 2. The Hall–Kier alpha value is -2.05. The molecular formula is C19H25ClN2O4. The van der Waals surface area contributed by atoms with E-state index in [4.69, 9.17) is 21.1 Å². The fraction of sp³-hybridized carbons (Fsp3) is 0.474. The Labute approximate surface area is 158 Å². The Morgan fingerprint density at radius 3 is 2.50 bits per heavy atom. The fourth-order valence-electron chi connectivity index (χ4n) is 2.44. The van der Waals surface area contributed by atoms with Crippen LogP contribution in [0.25, 0.3) is 0 Å². The molecule has 1 fully saturated rings. The molecule has 6 nitrogen and oxygen atoms in total. The summed E-state index contributed by atoms with van der Waals surface area (Å²) < 4.78 is 10.9. The molecule has 0 saturated heterocycles. The van der Waals surface area contributed by atoms with E-state index in [0.29, 0.717) is 29.4 Å². The molecule has 0 aromatic heterocycles. The van der Waals surface area contributed by atoms with E-state index in [1.54, 1.807) is 24.3 Å². The fourth-order valence-corrected chi connectivity index (χ4v) is 2.56. The maximum atomic E-state index is 11.8. The summed E-state index contributed by atoms with van der Waals surface area (Å²) in [6, 6.07) is 6.77. The van der Waals surface area contributed by atoms with Crippen molar-refractivity contribution in [1.82, 2.24) is 10.6 Å². The molecule has 7 heteroatoms. The molecule has 0 bridgehead atoms. The Morgan fingerprint density at radius 2 is 1.88 bits per heavy atom. The topological polar surface area (TPSA) is 76.7 Å². The first-order valence-corrected chi connectivity index (χ1v) is 9.01. The normalized spacial score (nSPS) is 14.8. The average Bonchev–Trinajstić information content (AvgIpc) is 2.58. The minimum atomic E-state index is -0.250. The van der Waals surface area contributed by atoms with Crippen LogP contribution in [0.15, 0.2) is 36.5 Å². The summed E-state index contributed by atoms with van der Waals surface area (Å²) in [5, 5.41) is 6.00. The first-order chi connectivity index (χ1) is 12.4. The number of halogens is 1. The Kier molecular flexibility index (Phi) is 7.48. The monoisotopic (exact) mass is 380 g/mol. The average molecular weight is 381 g/mol. The second-order valence-corrected chi connectivity index (χ2v) is 7.02. The SMILES string of the molecule is C=C(CCNC(=O)COc1ccc(Cl)cc1)NC(=O)COC1(C)CCC1. The van der Waals surface area contributed by atoms with Crippen LogP contribution in [0.5, 0.6) is 5.75 Å². The number of benzene rings is 1. The van der Waals surface area contributed by atoms with E-state index in [1.165, 1.54) is 0 Å². The van der Waals surface area contributed by atoms with Crippen LogP contribution in [0.4, 0.5) is 0 Å². The van der Waals surface area contributed by atoms with Crippen molar-refractivity contribution in [2.45, 2.75) is 38.2 Å². The summed E-state index contributed by atoms with van der Waals surface area (Å²) >= 11 is 5.78. The van der Waals surface area contributed by atoms with Gasteiger partial charge in [0.05, 0.1) is 5.60 Å². The molecule has 26 heavy (non-hydrogen) atoms. The van der Waals surface area contributed by atoms with Gasteiger partial charge in [0, 0.05) is 23.7 Å². The standard InChI is InChI=1S/C19H25ClN2O4/c1-14(22-18(24)13-26-19(2)9-3-10-19)8-11-21-17(23)12-25-16-6-4-15(20)5-7-16/h4-7H,1,3,8-13H2,2H3,(H,21,23)(H,22,24). The highest BCUT2D eigenvalue weighted by Gasteiger charge is 2.33. The molecular weight excluding hydrogens is 356 g/mol. The van der Waals surface area contributed by atoms with Gasteiger partial charge < -0.3 is 20.1 Å². The van der Waals surface area contributed by atoms with E-state index < -0.39 is 0 Å². The van der Waals surface area contributed by atoms with Crippen LogP contribution in [0.2, 0.25) is 5.02 Å². The van der Waals surface area contributed by atoms with Gasteiger partial charge >= 0.3 is 0 Å². The highest BCUT2D eigenvalue weighted by molar-refractivity contribution is 6.30. The van der Waals surface area contributed by atoms with E-state index in [1.807, 2.05) is 6.92 Å². The van der Waals surface area contributed by atoms with Crippen molar-refractivity contribution in [2.24, 2.45) is 0 Å². The Balaban J connectivity index is 1.54. The van der Waals surface area contributed by atoms with Crippen LogP contribution in [-0.4, -0.2) is 37.2 Å². The lowest BCUT2D eigenvalue weighted by molar-refractivity contribution is -0.138. The van der Waals surface area contributed by atoms with Crippen molar-refractivity contribution in [3.63, 3.8) is 0 Å². The third kappa shape index (κ3) is 7.06. The molecule has 0 aliphatic heterocycles. The molecule has 2 N–H and O–H groups in total. The van der Waals surface area contributed by atoms with Gasteiger partial charge in [-0.2, -0.15) is 0 Å². The van der Waals surface area contributed by atoms with Crippen molar-refractivity contribution in [1.29, 1.82) is 0 Å². The molecule has 0 unspecified atom stereocenters. The maximum Gasteiger partial charge on any atom is 0.257 e. The highest BCUT2D eigenvalue weighted by Crippen LogP contribution is 2.34. The van der Waals surface area contributed by atoms with Crippen LogP contribution < -0.4 is 15.4 Å². The largest absolute Gasteiger partial charge is 0.484 e. The van der Waals surface area contributed by atoms with Gasteiger partial charge in [-0.1, -0.05) is 18.2 Å². The molecule has 1 aliphatic carbocycles. The Bertz CT molecular complexity index is 641. The quantitative estimate of drug-likeness (QED) is 0.654. The second-order valence-electron chi connectivity index (χ2n) is 6.59. The van der Waals surface area contributed by atoms with Gasteiger partial charge in [0.2, 0.25) is 5.91 Å². The second kappa shape index (κ2) is 9.59. The lowest BCUT2D eigenvalue weighted by Gasteiger charge is -2.37. The van der Waals surface area contributed by atoms with Crippen molar-refractivity contribution >= 4 is 23.4 Å². The minimum Gasteiger partial charge on any atom is -0.484 e. The van der Waals surface area contributed by atoms with Gasteiger partial charge in [-0.05, 0) is 50.5 Å². The lowest BCUT2D eigenvalue weighted by atomic mass is 9.82. The molecule has 0 heterocycles. The number of amides is 2. The zero-order valence-electron chi connectivity index (χ0n) is 15.0. The lowest BCUT2D eigenvalue weighted by Crippen LogP contribution is -2.40. The van der Waals surface area contributed by atoms with Gasteiger partial charge in [-0.3, -0.25) is 9.59 Å². The number of ether oxygens (including phenoxy) is 2. The molecule has 1 aliphatic rings. The Morgan fingerprint density at radius 1 is 1.19 bits per heavy atom. The van der Waals surface area contributed by atoms with Crippen LogP contribution in [0.1, 0.15) is 32.6 Å². The van der Waals surface area contributed by atoms with E-state index in [0.717, 1.165) is 19.3 Å². The first-order valence-electron chi connectivity index (χ1n) is 8.63. The van der Waals surface area contributed by atoms with Gasteiger partial charge in [0.25, 0.3) is 5.91 Å². The number of hydrogen-bond donors (Lipinski definition) is 2. The molecule has 1 saturated carbocycles. The van der Waals surface area contributed by atoms with Crippen LogP contribution in [0.3, 0.4) is 0 Å². The summed E-state index contributed by atoms with van der Waals surface area (Å²) in [7, 11) is 0. The molecule has 1 aromatic rings. The van der Waals surface area contributed by atoms with Gasteiger partial charge in [-0.15, -0.1) is 0 Å². The smallest absolute Gasteiger partial charge is 0.257 e. The van der Waals surface area contributed by atoms with Crippen LogP contribution in [0, 0.1) is 0 Å². The maximum absolute atomic E-state index is 11.8. The number of nitrogens with one attached hydrogen (secondary N) is 2. The van der Waals surface area contributed by atoms with Crippen LogP contribution >= 0.6 is 11.6 Å². The molecule has 0 atom stereocenters. The molecule has 2 amide bonds. The summed E-state index contributed by atoms with van der Waals surface area (Å²) in [6.07, 6.45) is 3.57. The van der Waals surface area contributed by atoms with Crippen molar-refractivity contribution in [3.8, 4) is 5.75 Å². The van der Waals surface area contributed by atoms with E-state index in [-0.39, 0.29) is 30.6 Å². The zero-order chi connectivity index (χ0) is 19.0. The van der Waals surface area contributed by atoms with Crippen molar-refractivity contribution < 1.29 is 19.1 Å². The highest BCUT2D eigenvalue weighted by atomic mass is 35.5. The summed E-state index contributed by atoms with van der Waals surface area (Å²) in [6.45, 7) is 6.10. The zero-order valence-corrected chi connectivity index (χ0v) is 15.7. The third-order valence-corrected chi connectivity index (χ3v) is 4.46. The number of hydrogen-bond acceptors (Lipinski definition) is 4. The number of rotatable bonds is 10. The first kappa shape index (κ1) is 20.3. The van der Waals surface area contributed by atoms with Gasteiger partial charge in [0.15, 0.2) is 6.61 Å². The summed E-state index contributed by atoms with van der Waals surface area (Å²) in [5.41, 5.74) is 0.382. The molecule has 0 spiro atoms. The summed E-state index contributed by atoms with van der Waals surface area (Å²) in [5.74, 6) is 0.0993. The van der Waals surface area contributed by atoms with Crippen LogP contribution in [-0.2, 0) is 14.3 Å². The molecule has 2 rings (SSSR count). The molecule has 0 radical (unpaired) electrons. The third-order valence-electron chi connectivity index (χ3n) is 4.21. The van der Waals surface area contributed by atoms with Gasteiger partial charge in [-0.25, -0.2) is 0 Å².